The number of ether oxygens (including phenoxy) is 2. The van der Waals surface area contributed by atoms with Gasteiger partial charge in [-0.05, 0) is 71.8 Å². The van der Waals surface area contributed by atoms with Gasteiger partial charge in [0.2, 0.25) is 11.8 Å². The molecule has 0 fully saturated rings. The van der Waals surface area contributed by atoms with Crippen molar-refractivity contribution < 1.29 is 27.9 Å². The number of carbonyl (C=O) groups is 2. The van der Waals surface area contributed by atoms with E-state index in [9.17, 15) is 9.59 Å². The number of benzene rings is 2. The van der Waals surface area contributed by atoms with Crippen LogP contribution in [0.2, 0.25) is 0 Å². The molecular weight excluding hydrogens is 608 g/mol. The fraction of sp³-hybridized carbons (Fsp3) is 0.167. The van der Waals surface area contributed by atoms with E-state index in [1.807, 2.05) is 124 Å². The van der Waals surface area contributed by atoms with Gasteiger partial charge < -0.3 is 9.47 Å². The first-order valence-electron chi connectivity index (χ1n) is 15.4. The third-order valence-corrected chi connectivity index (χ3v) is 7.78. The number of aryl methyl sites for hydroxylation is 2. The number of rotatable bonds is 13. The minimum atomic E-state index is -0.379. The molecule has 0 aliphatic rings. The monoisotopic (exact) mass is 644 g/mol. The molecule has 4 aromatic heterocycles. The molecule has 0 spiro atoms. The zero-order valence-corrected chi connectivity index (χ0v) is 26.7. The van der Waals surface area contributed by atoms with Crippen LogP contribution in [0.25, 0.3) is 11.3 Å². The van der Waals surface area contributed by atoms with E-state index >= 15 is 0 Å². The lowest BCUT2D eigenvalue weighted by molar-refractivity contribution is -0.511. The lowest BCUT2D eigenvalue weighted by Crippen LogP contribution is -2.22. The first-order valence-corrected chi connectivity index (χ1v) is 15.4. The SMILES string of the molecule is Cn1c(COc2ccc(/C=N/NC(=O)CCC(=O)N/N=C/c3ccc(OCc4c[n+]5ccccc5n4C)cc3)cc2)c[n+]2ccccc12. The van der Waals surface area contributed by atoms with E-state index in [4.69, 9.17) is 9.47 Å². The molecule has 12 nitrogen and oxygen atoms in total. The Labute approximate surface area is 277 Å². The standard InChI is InChI=1S/C36H34N8O4/c1-41-29(23-43-19-5-3-7-35(41)43)25-47-31-13-9-27(10-14-31)21-37-39-33(45)17-18-34(46)40-38-22-28-11-15-32(16-12-28)48-26-30-24-44-20-6-4-8-36(44)42(30)2/h3-16,19-24H,17-18,25-26H2,1-2H3/p+2/b37-21+,38-22+. The Morgan fingerprint density at radius 3 is 1.46 bits per heavy atom. The normalized spacial score (nSPS) is 11.5. The summed E-state index contributed by atoms with van der Waals surface area (Å²) in [5.41, 5.74) is 10.7. The molecule has 0 aliphatic heterocycles. The van der Waals surface area contributed by atoms with Gasteiger partial charge in [-0.2, -0.15) is 10.2 Å². The van der Waals surface area contributed by atoms with Gasteiger partial charge in [-0.1, -0.05) is 12.1 Å². The van der Waals surface area contributed by atoms with Crippen molar-refractivity contribution in [3.05, 3.63) is 132 Å². The number of aromatic nitrogens is 4. The summed E-state index contributed by atoms with van der Waals surface area (Å²) < 4.78 is 20.2. The molecule has 2 N–H and O–H groups in total. The molecule has 2 amide bonds. The molecule has 0 bridgehead atoms. The zero-order valence-electron chi connectivity index (χ0n) is 26.7. The van der Waals surface area contributed by atoms with Crippen LogP contribution < -0.4 is 29.1 Å². The van der Waals surface area contributed by atoms with E-state index in [0.717, 1.165) is 45.3 Å². The molecule has 48 heavy (non-hydrogen) atoms. The highest BCUT2D eigenvalue weighted by Gasteiger charge is 2.15. The highest BCUT2D eigenvalue weighted by Crippen LogP contribution is 2.15. The number of nitrogens with one attached hydrogen (secondary N) is 2. The Morgan fingerprint density at radius 1 is 0.646 bits per heavy atom. The predicted molar refractivity (Wildman–Crippen MR) is 179 cm³/mol. The van der Waals surface area contributed by atoms with Gasteiger partial charge in [0.25, 0.3) is 11.3 Å². The molecule has 0 saturated carbocycles. The molecule has 0 aliphatic carbocycles. The Bertz CT molecular complexity index is 1950. The number of hydrazone groups is 2. The molecule has 0 saturated heterocycles. The predicted octanol–water partition coefficient (Wildman–Crippen LogP) is 3.38. The number of amides is 2. The first-order chi connectivity index (χ1) is 23.4. The average molecular weight is 645 g/mol. The van der Waals surface area contributed by atoms with Crippen LogP contribution in [0.3, 0.4) is 0 Å². The first kappa shape index (κ1) is 31.7. The van der Waals surface area contributed by atoms with Crippen LogP contribution in [0.1, 0.15) is 35.4 Å². The average Bonchev–Trinajstić information content (AvgIpc) is 3.61. The van der Waals surface area contributed by atoms with E-state index in [0.29, 0.717) is 13.2 Å². The number of hydrogen-bond acceptors (Lipinski definition) is 6. The largest absolute Gasteiger partial charge is 0.485 e. The summed E-state index contributed by atoms with van der Waals surface area (Å²) in [6, 6.07) is 26.8. The van der Waals surface area contributed by atoms with Crippen molar-refractivity contribution in [3.63, 3.8) is 0 Å². The lowest BCUT2D eigenvalue weighted by atomic mass is 10.2. The number of pyridine rings is 2. The van der Waals surface area contributed by atoms with Crippen molar-refractivity contribution >= 4 is 35.5 Å². The second kappa shape index (κ2) is 14.9. The van der Waals surface area contributed by atoms with Gasteiger partial charge in [-0.25, -0.2) is 28.8 Å². The third kappa shape index (κ3) is 7.91. The van der Waals surface area contributed by atoms with Crippen LogP contribution in [0.15, 0.2) is 120 Å². The van der Waals surface area contributed by atoms with Gasteiger partial charge in [0, 0.05) is 25.0 Å². The summed E-state index contributed by atoms with van der Waals surface area (Å²) in [7, 11) is 4.02. The molecule has 0 unspecified atom stereocenters. The third-order valence-electron chi connectivity index (χ3n) is 7.78. The van der Waals surface area contributed by atoms with E-state index in [-0.39, 0.29) is 24.7 Å². The second-order valence-corrected chi connectivity index (χ2v) is 11.1. The maximum Gasteiger partial charge on any atom is 0.286 e. The number of nitrogens with zero attached hydrogens (tertiary/aromatic N) is 6. The smallest absolute Gasteiger partial charge is 0.286 e. The van der Waals surface area contributed by atoms with Gasteiger partial charge in [0.1, 0.15) is 23.9 Å². The van der Waals surface area contributed by atoms with Crippen LogP contribution >= 0.6 is 0 Å². The number of hydrogen-bond donors (Lipinski definition) is 2. The molecule has 2 aromatic carbocycles. The molecule has 6 rings (SSSR count). The van der Waals surface area contributed by atoms with E-state index in [2.05, 4.69) is 39.0 Å². The summed E-state index contributed by atoms with van der Waals surface area (Å²) in [6.07, 6.45) is 11.1. The van der Waals surface area contributed by atoms with Crippen molar-refractivity contribution in [1.82, 2.24) is 20.0 Å². The number of fused-ring (bicyclic) bond motifs is 2. The van der Waals surface area contributed by atoms with Crippen molar-refractivity contribution in [2.75, 3.05) is 0 Å². The molecule has 4 heterocycles. The van der Waals surface area contributed by atoms with Crippen molar-refractivity contribution in [2.24, 2.45) is 24.3 Å². The summed E-state index contributed by atoms with van der Waals surface area (Å²) in [6.45, 7) is 0.854. The fourth-order valence-electron chi connectivity index (χ4n) is 5.05. The quantitative estimate of drug-likeness (QED) is 0.114. The van der Waals surface area contributed by atoms with Crippen molar-refractivity contribution in [2.45, 2.75) is 26.1 Å². The molecule has 0 atom stereocenters. The lowest BCUT2D eigenvalue weighted by Gasteiger charge is -2.04. The van der Waals surface area contributed by atoms with Gasteiger partial charge in [0.15, 0.2) is 24.6 Å². The zero-order chi connectivity index (χ0) is 33.3. The van der Waals surface area contributed by atoms with Crippen LogP contribution in [0, 0.1) is 0 Å². The molecule has 0 radical (unpaired) electrons. The van der Waals surface area contributed by atoms with Gasteiger partial charge in [-0.3, -0.25) is 9.59 Å². The minimum Gasteiger partial charge on any atom is -0.485 e. The number of imidazole rings is 2. The molecule has 242 valence electrons. The van der Waals surface area contributed by atoms with E-state index in [1.54, 1.807) is 0 Å². The molecule has 6 aromatic rings. The van der Waals surface area contributed by atoms with Gasteiger partial charge >= 0.3 is 0 Å². The molecular formula is C36H36N8O4+2. The van der Waals surface area contributed by atoms with E-state index < -0.39 is 0 Å². The highest BCUT2D eigenvalue weighted by molar-refractivity contribution is 5.86. The highest BCUT2D eigenvalue weighted by atomic mass is 16.5. The molecule has 12 heteroatoms. The van der Waals surface area contributed by atoms with Gasteiger partial charge in [0.05, 0.1) is 38.9 Å². The Morgan fingerprint density at radius 2 is 1.06 bits per heavy atom. The van der Waals surface area contributed by atoms with Crippen LogP contribution in [0.4, 0.5) is 0 Å². The van der Waals surface area contributed by atoms with Crippen molar-refractivity contribution in [1.29, 1.82) is 0 Å². The Balaban J connectivity index is 0.874. The Kier molecular flexibility index (Phi) is 9.81. The summed E-state index contributed by atoms with van der Waals surface area (Å²) in [4.78, 5) is 24.3. The number of carbonyl (C=O) groups excluding carboxylic acids is 2. The second-order valence-electron chi connectivity index (χ2n) is 11.1. The van der Waals surface area contributed by atoms with E-state index in [1.165, 1.54) is 12.4 Å². The Hall–Kier alpha value is -6.30. The maximum absolute atomic E-state index is 12.2. The van der Waals surface area contributed by atoms with Crippen LogP contribution in [0.5, 0.6) is 11.5 Å². The summed E-state index contributed by atoms with van der Waals surface area (Å²) in [5, 5.41) is 7.97. The minimum absolute atomic E-state index is 0.0286. The van der Waals surface area contributed by atoms with Crippen LogP contribution in [-0.2, 0) is 36.9 Å². The van der Waals surface area contributed by atoms with Crippen LogP contribution in [-0.4, -0.2) is 33.4 Å². The maximum atomic E-state index is 12.2. The topological polar surface area (TPSA) is 119 Å². The van der Waals surface area contributed by atoms with Gasteiger partial charge in [-0.15, -0.1) is 0 Å². The summed E-state index contributed by atoms with van der Waals surface area (Å²) in [5.74, 6) is 0.683. The summed E-state index contributed by atoms with van der Waals surface area (Å²) >= 11 is 0. The fourth-order valence-corrected chi connectivity index (χ4v) is 5.05. The van der Waals surface area contributed by atoms with Crippen molar-refractivity contribution in [3.8, 4) is 11.5 Å².